The van der Waals surface area contributed by atoms with Crippen LogP contribution in [0, 0.1) is 57.2 Å². The van der Waals surface area contributed by atoms with Crippen molar-refractivity contribution >= 4 is 11.9 Å². The molecule has 6 fully saturated rings. The molecule has 8 heteroatoms. The SMILES string of the molecule is CC(=O)OC(C(=O)O[C@H]1CC[C@]2(C)[C@H]3CC[C@@]4(C)[C@H]([C@@H]5C[C@H](C6OC6(C)C)O[C@H]5O)CC[C@]4(C)[C@@H]3[C@H](O)C[C@H]2C1(C)C)C(C)C. The summed E-state index contributed by atoms with van der Waals surface area (Å²) in [6.45, 7) is 21.0. The third kappa shape index (κ3) is 5.04. The van der Waals surface area contributed by atoms with E-state index in [1.807, 2.05) is 13.8 Å². The van der Waals surface area contributed by atoms with Crippen LogP contribution in [0.1, 0.15) is 121 Å². The van der Waals surface area contributed by atoms with Crippen molar-refractivity contribution in [2.75, 3.05) is 0 Å². The van der Waals surface area contributed by atoms with E-state index < -0.39 is 30.4 Å². The smallest absolute Gasteiger partial charge is 0.348 e. The number of ether oxygens (including phenoxy) is 4. The number of rotatable bonds is 6. The zero-order valence-corrected chi connectivity index (χ0v) is 29.4. The lowest BCUT2D eigenvalue weighted by Crippen LogP contribution is -2.65. The Morgan fingerprint density at radius 3 is 2.09 bits per heavy atom. The number of hydrogen-bond donors (Lipinski definition) is 2. The van der Waals surface area contributed by atoms with Crippen molar-refractivity contribution in [2.45, 2.75) is 163 Å². The van der Waals surface area contributed by atoms with Gasteiger partial charge in [-0.25, -0.2) is 4.79 Å². The number of esters is 2. The first-order valence-corrected chi connectivity index (χ1v) is 17.8. The Morgan fingerprint density at radius 2 is 1.49 bits per heavy atom. The largest absolute Gasteiger partial charge is 0.459 e. The maximum atomic E-state index is 13.3. The van der Waals surface area contributed by atoms with Crippen LogP contribution in [0.4, 0.5) is 0 Å². The predicted molar refractivity (Wildman–Crippen MR) is 169 cm³/mol. The number of carbonyl (C=O) groups is 2. The molecule has 0 bridgehead atoms. The van der Waals surface area contributed by atoms with Crippen LogP contribution >= 0.6 is 0 Å². The van der Waals surface area contributed by atoms with Crippen LogP contribution in [0.3, 0.4) is 0 Å². The van der Waals surface area contributed by atoms with Gasteiger partial charge in [0.05, 0.1) is 17.8 Å². The summed E-state index contributed by atoms with van der Waals surface area (Å²) in [5.41, 5.74) is -0.531. The van der Waals surface area contributed by atoms with Crippen molar-refractivity contribution in [1.82, 2.24) is 0 Å². The van der Waals surface area contributed by atoms with Crippen molar-refractivity contribution in [3.8, 4) is 0 Å². The summed E-state index contributed by atoms with van der Waals surface area (Å²) < 4.78 is 23.6. The molecule has 2 N–H and O–H groups in total. The normalized spacial score (nSPS) is 50.2. The number of hydrogen-bond acceptors (Lipinski definition) is 8. The van der Waals surface area contributed by atoms with Crippen molar-refractivity contribution < 1.29 is 38.7 Å². The van der Waals surface area contributed by atoms with Gasteiger partial charge in [-0.05, 0) is 105 Å². The van der Waals surface area contributed by atoms with E-state index >= 15 is 0 Å². The molecule has 0 aromatic heterocycles. The molecule has 2 aliphatic heterocycles. The summed E-state index contributed by atoms with van der Waals surface area (Å²) in [7, 11) is 0. The summed E-state index contributed by atoms with van der Waals surface area (Å²) in [6, 6.07) is 0. The zero-order chi connectivity index (χ0) is 33.1. The summed E-state index contributed by atoms with van der Waals surface area (Å²) in [6.07, 6.45) is 5.08. The maximum Gasteiger partial charge on any atom is 0.348 e. The van der Waals surface area contributed by atoms with Gasteiger partial charge in [-0.15, -0.1) is 0 Å². The minimum Gasteiger partial charge on any atom is -0.459 e. The molecule has 2 saturated heterocycles. The Balaban J connectivity index is 1.21. The van der Waals surface area contributed by atoms with Gasteiger partial charge >= 0.3 is 11.9 Å². The molecule has 4 saturated carbocycles. The van der Waals surface area contributed by atoms with E-state index in [4.69, 9.17) is 18.9 Å². The molecule has 0 aromatic rings. The van der Waals surface area contributed by atoms with Gasteiger partial charge in [-0.1, -0.05) is 48.5 Å². The van der Waals surface area contributed by atoms with Gasteiger partial charge in [-0.3, -0.25) is 4.79 Å². The van der Waals surface area contributed by atoms with Gasteiger partial charge in [0.25, 0.3) is 0 Å². The van der Waals surface area contributed by atoms with E-state index in [2.05, 4.69) is 48.5 Å². The highest BCUT2D eigenvalue weighted by molar-refractivity contribution is 5.79. The van der Waals surface area contributed by atoms with Crippen molar-refractivity contribution in [3.05, 3.63) is 0 Å². The molecule has 0 amide bonds. The number of epoxide rings is 1. The molecule has 2 heterocycles. The van der Waals surface area contributed by atoms with E-state index in [1.54, 1.807) is 0 Å². The summed E-state index contributed by atoms with van der Waals surface area (Å²) in [5.74, 6) is 0.0660. The Morgan fingerprint density at radius 1 is 0.867 bits per heavy atom. The lowest BCUT2D eigenvalue weighted by Gasteiger charge is -2.68. The van der Waals surface area contributed by atoms with Gasteiger partial charge in [0, 0.05) is 24.2 Å². The Bertz CT molecular complexity index is 1180. The molecule has 6 aliphatic rings. The first-order chi connectivity index (χ1) is 20.8. The molecule has 4 aliphatic carbocycles. The minimum atomic E-state index is -0.915. The molecular formula is C37H60O8. The summed E-state index contributed by atoms with van der Waals surface area (Å²) >= 11 is 0. The maximum absolute atomic E-state index is 13.3. The molecule has 0 aromatic carbocycles. The van der Waals surface area contributed by atoms with Gasteiger partial charge in [0.15, 0.2) is 6.29 Å². The Kier molecular flexibility index (Phi) is 8.15. The molecule has 0 radical (unpaired) electrons. The van der Waals surface area contributed by atoms with Crippen LogP contribution in [-0.2, 0) is 28.5 Å². The molecule has 256 valence electrons. The third-order valence-electron chi connectivity index (χ3n) is 14.9. The second kappa shape index (κ2) is 10.9. The number of carbonyl (C=O) groups excluding carboxylic acids is 2. The highest BCUT2D eigenvalue weighted by Gasteiger charge is 2.71. The van der Waals surface area contributed by atoms with Crippen LogP contribution in [0.2, 0.25) is 0 Å². The standard InChI is InChI=1S/C37H60O8/c1-19(2)29(42-20(3)38)32(41)44-27-13-14-35(8)23-12-15-36(9)22(21-17-25(43-31(21)40)30-34(6,7)45-30)11-16-37(36,10)28(23)24(39)18-26(35)33(27,4)5/h19,21-31,39-40H,11-18H2,1-10H3/t21-,22-,23-,24+,25+,26-,27-,28-,29?,30?,31+,35+,36-,37+/m0/s1. The summed E-state index contributed by atoms with van der Waals surface area (Å²) in [5, 5.41) is 23.4. The molecule has 6 rings (SSSR count). The van der Waals surface area contributed by atoms with Crippen molar-refractivity contribution in [3.63, 3.8) is 0 Å². The average Bonchev–Trinajstić information content (AvgIpc) is 3.26. The van der Waals surface area contributed by atoms with E-state index in [-0.39, 0.29) is 69.2 Å². The zero-order valence-electron chi connectivity index (χ0n) is 29.4. The quantitative estimate of drug-likeness (QED) is 0.269. The minimum absolute atomic E-state index is 0.00693. The molecule has 2 unspecified atom stereocenters. The number of aliphatic hydroxyl groups excluding tert-OH is 2. The van der Waals surface area contributed by atoms with Crippen LogP contribution in [0.5, 0.6) is 0 Å². The highest BCUT2D eigenvalue weighted by atomic mass is 16.7. The molecule has 0 spiro atoms. The fraction of sp³-hybridized carbons (Fsp3) is 0.946. The Labute approximate surface area is 270 Å². The van der Waals surface area contributed by atoms with Gasteiger partial charge in [0.1, 0.15) is 12.2 Å². The van der Waals surface area contributed by atoms with Gasteiger partial charge in [0.2, 0.25) is 6.10 Å². The Hall–Kier alpha value is -1.22. The highest BCUT2D eigenvalue weighted by Crippen LogP contribution is 2.75. The van der Waals surface area contributed by atoms with Crippen LogP contribution < -0.4 is 0 Å². The second-order valence-corrected chi connectivity index (χ2v) is 18.2. The van der Waals surface area contributed by atoms with Crippen molar-refractivity contribution in [2.24, 2.45) is 57.2 Å². The fourth-order valence-corrected chi connectivity index (χ4v) is 12.3. The molecule has 14 atom stereocenters. The van der Waals surface area contributed by atoms with E-state index in [1.165, 1.54) is 6.92 Å². The first kappa shape index (κ1) is 33.7. The molecule has 45 heavy (non-hydrogen) atoms. The third-order valence-corrected chi connectivity index (χ3v) is 14.9. The van der Waals surface area contributed by atoms with E-state index in [9.17, 15) is 19.8 Å². The van der Waals surface area contributed by atoms with E-state index in [0.717, 1.165) is 44.9 Å². The van der Waals surface area contributed by atoms with Gasteiger partial charge in [-0.2, -0.15) is 0 Å². The predicted octanol–water partition coefficient (Wildman–Crippen LogP) is 6.04. The van der Waals surface area contributed by atoms with Crippen LogP contribution in [0.15, 0.2) is 0 Å². The summed E-state index contributed by atoms with van der Waals surface area (Å²) in [4.78, 5) is 25.0. The van der Waals surface area contributed by atoms with Gasteiger partial charge < -0.3 is 29.2 Å². The van der Waals surface area contributed by atoms with Crippen LogP contribution in [0.25, 0.3) is 0 Å². The van der Waals surface area contributed by atoms with Crippen molar-refractivity contribution in [1.29, 1.82) is 0 Å². The van der Waals surface area contributed by atoms with E-state index in [0.29, 0.717) is 18.3 Å². The molecule has 8 nitrogen and oxygen atoms in total. The number of fused-ring (bicyclic) bond motifs is 5. The lowest BCUT2D eigenvalue weighted by molar-refractivity contribution is -0.241. The average molecular weight is 633 g/mol. The fourth-order valence-electron chi connectivity index (χ4n) is 12.3. The monoisotopic (exact) mass is 632 g/mol. The lowest BCUT2D eigenvalue weighted by atomic mass is 9.37. The number of aliphatic hydroxyl groups is 2. The molecular weight excluding hydrogens is 572 g/mol. The topological polar surface area (TPSA) is 115 Å². The van der Waals surface area contributed by atoms with Crippen LogP contribution in [-0.4, -0.2) is 64.6 Å². The first-order valence-electron chi connectivity index (χ1n) is 17.8. The second-order valence-electron chi connectivity index (χ2n) is 18.2.